The number of hydrogen-bond acceptors (Lipinski definition) is 2. The van der Waals surface area contributed by atoms with Gasteiger partial charge in [-0.3, -0.25) is 4.98 Å². The first-order chi connectivity index (χ1) is 14.4. The van der Waals surface area contributed by atoms with E-state index in [0.717, 1.165) is 32.1 Å². The largest absolute Gasteiger partial charge is 0.389 e. The van der Waals surface area contributed by atoms with Gasteiger partial charge in [-0.1, -0.05) is 37.6 Å². The Morgan fingerprint density at radius 2 is 2.00 bits per heavy atom. The van der Waals surface area contributed by atoms with Crippen LogP contribution in [0, 0.1) is 29.7 Å². The van der Waals surface area contributed by atoms with Crippen LogP contribution in [0.2, 0.25) is 5.02 Å². The fourth-order valence-corrected chi connectivity index (χ4v) is 7.78. The van der Waals surface area contributed by atoms with Crippen LogP contribution in [0.3, 0.4) is 0 Å². The molecule has 0 amide bonds. The summed E-state index contributed by atoms with van der Waals surface area (Å²) in [5.74, 6) is 2.06. The van der Waals surface area contributed by atoms with Gasteiger partial charge in [0.2, 0.25) is 5.69 Å². The maximum Gasteiger partial charge on any atom is 0.205 e. The quantitative estimate of drug-likeness (QED) is 0.574. The van der Waals surface area contributed by atoms with Gasteiger partial charge in [-0.25, -0.2) is 4.85 Å². The minimum Gasteiger partial charge on any atom is -0.389 e. The second-order valence-electron chi connectivity index (χ2n) is 10.1. The molecule has 0 saturated heterocycles. The number of halogens is 1. The lowest BCUT2D eigenvalue weighted by Gasteiger charge is -2.56. The van der Waals surface area contributed by atoms with Crippen molar-refractivity contribution < 1.29 is 5.11 Å². The van der Waals surface area contributed by atoms with Crippen LogP contribution in [-0.4, -0.2) is 15.7 Å². The van der Waals surface area contributed by atoms with Gasteiger partial charge >= 0.3 is 0 Å². The standard InChI is InChI=1S/C26H29ClN2O/c1-16-14-25(2)21(8-11-26(25,30)15-17-9-12-29-13-10-17)20-5-4-19-18(23(16)20)6-7-22(28-3)24(19)27/h6-7,9-10,12-13,16,20-21,23,30H,4-5,8,11,14-15H2,1-2H3/t16-,20?,21?,23?,25-,26+/m0/s1. The Bertz CT molecular complexity index is 1020. The van der Waals surface area contributed by atoms with Gasteiger partial charge in [0.15, 0.2) is 0 Å². The number of nitrogens with zero attached hydrogens (tertiary/aromatic N) is 2. The molecule has 3 aliphatic carbocycles. The van der Waals surface area contributed by atoms with Crippen molar-refractivity contribution in [1.82, 2.24) is 4.98 Å². The fraction of sp³-hybridized carbons (Fsp3) is 0.538. The van der Waals surface area contributed by atoms with E-state index in [4.69, 9.17) is 18.2 Å². The third-order valence-electron chi connectivity index (χ3n) is 8.80. The first kappa shape index (κ1) is 20.0. The van der Waals surface area contributed by atoms with Gasteiger partial charge in [-0.15, -0.1) is 0 Å². The molecule has 2 fully saturated rings. The molecule has 0 radical (unpaired) electrons. The lowest BCUT2D eigenvalue weighted by molar-refractivity contribution is -0.115. The molecule has 3 unspecified atom stereocenters. The summed E-state index contributed by atoms with van der Waals surface area (Å²) < 4.78 is 0. The Kier molecular flexibility index (Phi) is 4.73. The number of fused-ring (bicyclic) bond motifs is 5. The minimum atomic E-state index is -0.663. The van der Waals surface area contributed by atoms with E-state index < -0.39 is 5.60 Å². The summed E-state index contributed by atoms with van der Waals surface area (Å²) in [6.07, 6.45) is 9.41. The molecule has 6 atom stereocenters. The normalized spacial score (nSPS) is 37.0. The third kappa shape index (κ3) is 2.77. The molecule has 0 aliphatic heterocycles. The SMILES string of the molecule is [C-]#[N+]c1ccc2c(c1Cl)CCC1C2[C@@H](C)C[C@@]2(C)C1CC[C@@]2(O)Cc1ccncc1. The first-order valence-electron chi connectivity index (χ1n) is 11.2. The van der Waals surface area contributed by atoms with E-state index in [1.165, 1.54) is 16.7 Å². The zero-order chi connectivity index (χ0) is 21.1. The summed E-state index contributed by atoms with van der Waals surface area (Å²) in [6, 6.07) is 8.16. The maximum atomic E-state index is 11.9. The average Bonchev–Trinajstić information content (AvgIpc) is 2.99. The van der Waals surface area contributed by atoms with Crippen molar-refractivity contribution in [3.8, 4) is 0 Å². The van der Waals surface area contributed by atoms with Gasteiger partial charge in [-0.2, -0.15) is 0 Å². The Balaban J connectivity index is 1.51. The van der Waals surface area contributed by atoms with E-state index in [1.54, 1.807) is 0 Å². The number of aliphatic hydroxyl groups is 1. The molecule has 4 heteroatoms. The zero-order valence-corrected chi connectivity index (χ0v) is 18.5. The summed E-state index contributed by atoms with van der Waals surface area (Å²) in [4.78, 5) is 7.74. The Morgan fingerprint density at radius 3 is 2.73 bits per heavy atom. The van der Waals surface area contributed by atoms with Crippen molar-refractivity contribution in [2.75, 3.05) is 0 Å². The molecule has 1 aromatic heterocycles. The second kappa shape index (κ2) is 7.08. The predicted molar refractivity (Wildman–Crippen MR) is 120 cm³/mol. The van der Waals surface area contributed by atoms with E-state index in [1.807, 2.05) is 30.6 Å². The summed E-state index contributed by atoms with van der Waals surface area (Å²) in [5.41, 5.74) is 3.58. The number of aromatic nitrogens is 1. The van der Waals surface area contributed by atoms with Crippen molar-refractivity contribution in [3.63, 3.8) is 0 Å². The van der Waals surface area contributed by atoms with Crippen LogP contribution in [0.15, 0.2) is 36.7 Å². The van der Waals surface area contributed by atoms with Crippen molar-refractivity contribution >= 4 is 17.3 Å². The molecule has 0 bridgehead atoms. The van der Waals surface area contributed by atoms with Gasteiger partial charge in [0.25, 0.3) is 0 Å². The fourth-order valence-electron chi connectivity index (χ4n) is 7.47. The molecule has 156 valence electrons. The van der Waals surface area contributed by atoms with Gasteiger partial charge < -0.3 is 5.11 Å². The third-order valence-corrected chi connectivity index (χ3v) is 9.22. The maximum absolute atomic E-state index is 11.9. The predicted octanol–water partition coefficient (Wildman–Crippen LogP) is 6.36. The van der Waals surface area contributed by atoms with E-state index in [2.05, 4.69) is 29.7 Å². The monoisotopic (exact) mass is 420 g/mol. The molecule has 30 heavy (non-hydrogen) atoms. The van der Waals surface area contributed by atoms with Crippen LogP contribution in [0.4, 0.5) is 5.69 Å². The number of rotatable bonds is 2. The Morgan fingerprint density at radius 1 is 1.23 bits per heavy atom. The van der Waals surface area contributed by atoms with Crippen molar-refractivity contribution in [1.29, 1.82) is 0 Å². The molecule has 2 aromatic rings. The summed E-state index contributed by atoms with van der Waals surface area (Å²) in [7, 11) is 0. The van der Waals surface area contributed by atoms with E-state index in [9.17, 15) is 5.11 Å². The smallest absolute Gasteiger partial charge is 0.205 e. The summed E-state index contributed by atoms with van der Waals surface area (Å²) in [6.45, 7) is 12.1. The van der Waals surface area contributed by atoms with Gasteiger partial charge in [-0.05, 0) is 84.6 Å². The minimum absolute atomic E-state index is 0.0748. The molecule has 1 heterocycles. The van der Waals surface area contributed by atoms with E-state index >= 15 is 0 Å². The van der Waals surface area contributed by atoms with Crippen LogP contribution < -0.4 is 0 Å². The van der Waals surface area contributed by atoms with Gasteiger partial charge in [0.1, 0.15) is 0 Å². The number of hydrogen-bond donors (Lipinski definition) is 1. The van der Waals surface area contributed by atoms with Crippen LogP contribution in [0.5, 0.6) is 0 Å². The molecule has 2 saturated carbocycles. The van der Waals surface area contributed by atoms with Gasteiger partial charge in [0.05, 0.1) is 17.2 Å². The zero-order valence-electron chi connectivity index (χ0n) is 17.7. The lowest BCUT2D eigenvalue weighted by atomic mass is 9.50. The number of benzene rings is 1. The molecule has 1 N–H and O–H groups in total. The topological polar surface area (TPSA) is 37.5 Å². The molecule has 1 aromatic carbocycles. The highest BCUT2D eigenvalue weighted by atomic mass is 35.5. The molecule has 0 spiro atoms. The molecular weight excluding hydrogens is 392 g/mol. The second-order valence-corrected chi connectivity index (χ2v) is 10.5. The van der Waals surface area contributed by atoms with E-state index in [-0.39, 0.29) is 5.41 Å². The Hall–Kier alpha value is -1.89. The van der Waals surface area contributed by atoms with Crippen LogP contribution >= 0.6 is 11.6 Å². The highest BCUT2D eigenvalue weighted by Gasteiger charge is 2.62. The highest BCUT2D eigenvalue weighted by Crippen LogP contribution is 2.66. The molecule has 5 rings (SSSR count). The summed E-state index contributed by atoms with van der Waals surface area (Å²) in [5, 5.41) is 12.6. The first-order valence-corrected chi connectivity index (χ1v) is 11.6. The van der Waals surface area contributed by atoms with E-state index in [0.29, 0.717) is 40.8 Å². The van der Waals surface area contributed by atoms with Crippen molar-refractivity contribution in [2.24, 2.45) is 23.2 Å². The van der Waals surface area contributed by atoms with Crippen molar-refractivity contribution in [3.05, 3.63) is 69.8 Å². The highest BCUT2D eigenvalue weighted by molar-refractivity contribution is 6.34. The Labute approximate surface area is 184 Å². The van der Waals surface area contributed by atoms with Crippen LogP contribution in [-0.2, 0) is 12.8 Å². The van der Waals surface area contributed by atoms with Crippen LogP contribution in [0.1, 0.15) is 62.1 Å². The molecular formula is C26H29ClN2O. The molecule has 3 aliphatic rings. The van der Waals surface area contributed by atoms with Crippen LogP contribution in [0.25, 0.3) is 4.85 Å². The van der Waals surface area contributed by atoms with Gasteiger partial charge in [0, 0.05) is 24.2 Å². The number of pyridine rings is 1. The summed E-state index contributed by atoms with van der Waals surface area (Å²) >= 11 is 6.62. The lowest BCUT2D eigenvalue weighted by Crippen LogP contribution is -2.54. The average molecular weight is 421 g/mol. The molecule has 3 nitrogen and oxygen atoms in total. The van der Waals surface area contributed by atoms with Crippen molar-refractivity contribution in [2.45, 2.75) is 63.9 Å².